The second-order valence-corrected chi connectivity index (χ2v) is 11.9. The number of anilines is 2. The van der Waals surface area contributed by atoms with Crippen LogP contribution in [0.4, 0.5) is 11.4 Å². The molecule has 1 aromatic heterocycles. The summed E-state index contributed by atoms with van der Waals surface area (Å²) in [5.74, 6) is -0.898. The summed E-state index contributed by atoms with van der Waals surface area (Å²) in [6, 6.07) is 14.2. The fraction of sp³-hybridized carbons (Fsp3) is 0.385. The van der Waals surface area contributed by atoms with Gasteiger partial charge in [0.15, 0.2) is 5.69 Å². The van der Waals surface area contributed by atoms with Crippen molar-refractivity contribution in [2.45, 2.75) is 43.0 Å². The van der Waals surface area contributed by atoms with E-state index in [1.807, 2.05) is 30.3 Å². The smallest absolute Gasteiger partial charge is 0.356 e. The number of sulfonamides is 1. The molecule has 1 N–H and O–H groups in total. The van der Waals surface area contributed by atoms with E-state index in [4.69, 9.17) is 11.6 Å². The summed E-state index contributed by atoms with van der Waals surface area (Å²) < 4.78 is 31.1. The van der Waals surface area contributed by atoms with E-state index in [2.05, 4.69) is 10.00 Å². The van der Waals surface area contributed by atoms with Crippen LogP contribution in [-0.2, 0) is 17.1 Å². The summed E-state index contributed by atoms with van der Waals surface area (Å²) in [4.78, 5) is 13.7. The second-order valence-electron chi connectivity index (χ2n) is 9.58. The first-order valence-corrected chi connectivity index (χ1v) is 13.9. The van der Waals surface area contributed by atoms with Gasteiger partial charge in [-0.1, -0.05) is 49.1 Å². The molecule has 1 fully saturated rings. The molecule has 3 aromatic rings. The summed E-state index contributed by atoms with van der Waals surface area (Å²) >= 11 is 6.75. The number of aromatic carboxylic acids is 1. The van der Waals surface area contributed by atoms with Crippen molar-refractivity contribution in [1.82, 2.24) is 14.1 Å². The molecule has 2 aromatic carbocycles. The Labute approximate surface area is 216 Å². The van der Waals surface area contributed by atoms with E-state index in [0.717, 1.165) is 31.4 Å². The van der Waals surface area contributed by atoms with Gasteiger partial charge in [0.1, 0.15) is 4.90 Å². The average Bonchev–Trinajstić information content (AvgIpc) is 3.23. The van der Waals surface area contributed by atoms with E-state index < -0.39 is 16.0 Å². The third-order valence-corrected chi connectivity index (χ3v) is 9.69. The van der Waals surface area contributed by atoms with Crippen LogP contribution in [0.25, 0.3) is 11.3 Å². The molecule has 0 saturated heterocycles. The van der Waals surface area contributed by atoms with Gasteiger partial charge in [0.2, 0.25) is 10.0 Å². The molecule has 2 aliphatic rings. The molecule has 1 saturated carbocycles. The van der Waals surface area contributed by atoms with Crippen LogP contribution in [0, 0.1) is 5.92 Å². The summed E-state index contributed by atoms with van der Waals surface area (Å²) in [6.07, 6.45) is 5.40. The molecule has 190 valence electrons. The molecule has 1 aliphatic heterocycles. The Bertz CT molecular complexity index is 1400. The maximum absolute atomic E-state index is 14.1. The number of halogens is 1. The molecule has 0 unspecified atom stereocenters. The summed E-state index contributed by atoms with van der Waals surface area (Å²) in [5.41, 5.74) is 2.11. The molecule has 0 amide bonds. The predicted molar refractivity (Wildman–Crippen MR) is 139 cm³/mol. The fourth-order valence-electron chi connectivity index (χ4n) is 5.53. The predicted octanol–water partition coefficient (Wildman–Crippen LogP) is 5.16. The number of benzene rings is 2. The fourth-order valence-corrected chi connectivity index (χ4v) is 7.39. The van der Waals surface area contributed by atoms with Crippen molar-refractivity contribution in [2.75, 3.05) is 18.5 Å². The first-order valence-electron chi connectivity index (χ1n) is 12.1. The van der Waals surface area contributed by atoms with E-state index in [1.54, 1.807) is 26.2 Å². The van der Waals surface area contributed by atoms with Crippen LogP contribution in [-0.4, -0.2) is 53.2 Å². The highest BCUT2D eigenvalue weighted by atomic mass is 35.5. The summed E-state index contributed by atoms with van der Waals surface area (Å²) in [7, 11) is -0.594. The van der Waals surface area contributed by atoms with Gasteiger partial charge < -0.3 is 10.0 Å². The molecule has 8 nitrogen and oxygen atoms in total. The molecule has 0 radical (unpaired) electrons. The van der Waals surface area contributed by atoms with Gasteiger partial charge in [-0.25, -0.2) is 13.2 Å². The van der Waals surface area contributed by atoms with Crippen LogP contribution in [0.3, 0.4) is 0 Å². The van der Waals surface area contributed by atoms with Crippen LogP contribution in [0.2, 0.25) is 5.02 Å². The molecule has 5 rings (SSSR count). The molecule has 2 heterocycles. The van der Waals surface area contributed by atoms with Gasteiger partial charge in [0.25, 0.3) is 0 Å². The van der Waals surface area contributed by atoms with Gasteiger partial charge in [-0.2, -0.15) is 9.40 Å². The Hall–Kier alpha value is -2.88. The molecule has 10 heteroatoms. The molecule has 0 bridgehead atoms. The lowest BCUT2D eigenvalue weighted by atomic mass is 9.83. The van der Waals surface area contributed by atoms with Crippen LogP contribution in [0.5, 0.6) is 0 Å². The molecule has 1 aliphatic carbocycles. The largest absolute Gasteiger partial charge is 0.476 e. The standard InChI is InChI=1S/C26H29ClN4O4S/c1-29-22(15-21(28-29)26(32)33)19-13-25-23(14-20(19)27)31(18-11-7-4-8-12-18)16-24(30(2)36(25,34)35)17-9-5-3-6-10-17/h4,7-8,11-15,17,24H,3,5-6,9-10,16H2,1-2H3,(H,32,33)/t24-/m0/s1. The van der Waals surface area contributed by atoms with Gasteiger partial charge in [0.05, 0.1) is 16.4 Å². The number of hydrogen-bond donors (Lipinski definition) is 1. The van der Waals surface area contributed by atoms with Crippen LogP contribution >= 0.6 is 11.6 Å². The minimum absolute atomic E-state index is 0.137. The van der Waals surface area contributed by atoms with Crippen molar-refractivity contribution >= 4 is 39.0 Å². The van der Waals surface area contributed by atoms with Gasteiger partial charge in [0, 0.05) is 37.9 Å². The molecular formula is C26H29ClN4O4S. The first-order chi connectivity index (χ1) is 17.2. The topological polar surface area (TPSA) is 95.7 Å². The summed E-state index contributed by atoms with van der Waals surface area (Å²) in [6.45, 7) is 0.516. The highest BCUT2D eigenvalue weighted by Gasteiger charge is 2.41. The second kappa shape index (κ2) is 9.53. The van der Waals surface area contributed by atoms with E-state index in [9.17, 15) is 18.3 Å². The normalized spacial score (nSPS) is 20.6. The monoisotopic (exact) mass is 528 g/mol. The van der Waals surface area contributed by atoms with E-state index in [0.29, 0.717) is 28.5 Å². The zero-order chi connectivity index (χ0) is 25.6. The molecule has 1 atom stereocenters. The minimum atomic E-state index is -3.88. The van der Waals surface area contributed by atoms with Crippen molar-refractivity contribution in [3.8, 4) is 11.3 Å². The number of hydrogen-bond acceptors (Lipinski definition) is 5. The van der Waals surface area contributed by atoms with Crippen molar-refractivity contribution in [1.29, 1.82) is 0 Å². The van der Waals surface area contributed by atoms with Gasteiger partial charge in [-0.15, -0.1) is 0 Å². The number of carbonyl (C=O) groups is 1. The lowest BCUT2D eigenvalue weighted by molar-refractivity contribution is 0.0689. The lowest BCUT2D eigenvalue weighted by Crippen LogP contribution is -2.46. The van der Waals surface area contributed by atoms with Crippen molar-refractivity contribution < 1.29 is 18.3 Å². The minimum Gasteiger partial charge on any atom is -0.476 e. The Morgan fingerprint density at radius 2 is 1.75 bits per heavy atom. The molecular weight excluding hydrogens is 500 g/mol. The van der Waals surface area contributed by atoms with Crippen molar-refractivity contribution in [3.05, 3.63) is 59.2 Å². The van der Waals surface area contributed by atoms with E-state index >= 15 is 0 Å². The maximum atomic E-state index is 14.1. The van der Waals surface area contributed by atoms with Gasteiger partial charge in [-0.05, 0) is 49.1 Å². The number of para-hydroxylation sites is 1. The zero-order valence-electron chi connectivity index (χ0n) is 20.3. The molecule has 0 spiro atoms. The van der Waals surface area contributed by atoms with Crippen LogP contribution in [0.1, 0.15) is 42.6 Å². The number of rotatable bonds is 4. The third kappa shape index (κ3) is 4.29. The Morgan fingerprint density at radius 3 is 2.39 bits per heavy atom. The number of fused-ring (bicyclic) bond motifs is 1. The maximum Gasteiger partial charge on any atom is 0.356 e. The number of carboxylic acids is 1. The SMILES string of the molecule is CN1[C@H](C2CCCCC2)CN(c2ccccc2)c2cc(Cl)c(-c3cc(C(=O)O)nn3C)cc2S1(=O)=O. The quantitative estimate of drug-likeness (QED) is 0.502. The number of aryl methyl sites for hydroxylation is 1. The number of likely N-dealkylation sites (N-methyl/N-ethyl adjacent to an activating group) is 1. The number of nitrogens with zero attached hydrogens (tertiary/aromatic N) is 4. The summed E-state index contributed by atoms with van der Waals surface area (Å²) in [5, 5.41) is 13.7. The van der Waals surface area contributed by atoms with Crippen molar-refractivity contribution in [3.63, 3.8) is 0 Å². The first kappa shape index (κ1) is 24.8. The Balaban J connectivity index is 1.71. The third-order valence-electron chi connectivity index (χ3n) is 7.47. The van der Waals surface area contributed by atoms with Crippen molar-refractivity contribution in [2.24, 2.45) is 13.0 Å². The molecule has 36 heavy (non-hydrogen) atoms. The Kier molecular flexibility index (Phi) is 6.57. The van der Waals surface area contributed by atoms with E-state index in [-0.39, 0.29) is 22.5 Å². The Morgan fingerprint density at radius 1 is 1.06 bits per heavy atom. The van der Waals surface area contributed by atoms with Gasteiger partial charge in [-0.3, -0.25) is 4.68 Å². The number of aromatic nitrogens is 2. The highest BCUT2D eigenvalue weighted by Crippen LogP contribution is 2.44. The average molecular weight is 529 g/mol. The number of carboxylic acid groups (broad SMARTS) is 1. The zero-order valence-corrected chi connectivity index (χ0v) is 21.8. The lowest BCUT2D eigenvalue weighted by Gasteiger charge is -2.36. The van der Waals surface area contributed by atoms with E-state index in [1.165, 1.54) is 21.5 Å². The van der Waals surface area contributed by atoms with Crippen LogP contribution < -0.4 is 4.90 Å². The highest BCUT2D eigenvalue weighted by molar-refractivity contribution is 7.89. The van der Waals surface area contributed by atoms with Gasteiger partial charge >= 0.3 is 5.97 Å². The van der Waals surface area contributed by atoms with Crippen LogP contribution in [0.15, 0.2) is 53.4 Å².